The van der Waals surface area contributed by atoms with Crippen LogP contribution in [0.5, 0.6) is 5.75 Å². The molecule has 1 aromatic heterocycles. The molecule has 3 heterocycles. The maximum atomic E-state index is 13.9. The van der Waals surface area contributed by atoms with Gasteiger partial charge >= 0.3 is 17.6 Å². The van der Waals surface area contributed by atoms with Gasteiger partial charge in [0, 0.05) is 49.5 Å². The van der Waals surface area contributed by atoms with Crippen molar-refractivity contribution in [3.8, 4) is 17.6 Å². The Balaban J connectivity index is 1.67. The van der Waals surface area contributed by atoms with Gasteiger partial charge in [0.2, 0.25) is 0 Å². The van der Waals surface area contributed by atoms with E-state index in [-0.39, 0.29) is 25.2 Å². The van der Waals surface area contributed by atoms with E-state index in [2.05, 4.69) is 17.9 Å². The Morgan fingerprint density at radius 3 is 2.59 bits per heavy atom. The van der Waals surface area contributed by atoms with Crippen LogP contribution in [-0.2, 0) is 36.6 Å². The summed E-state index contributed by atoms with van der Waals surface area (Å²) in [6.07, 6.45) is -0.216. The molecule has 0 radical (unpaired) electrons. The monoisotopic (exact) mass is 628 g/mol. The van der Waals surface area contributed by atoms with Crippen molar-refractivity contribution in [1.29, 1.82) is 0 Å². The zero-order valence-electron chi connectivity index (χ0n) is 26.9. The molecule has 46 heavy (non-hydrogen) atoms. The minimum Gasteiger partial charge on any atom is -0.482 e. The van der Waals surface area contributed by atoms with E-state index >= 15 is 0 Å². The minimum absolute atomic E-state index is 0.133. The van der Waals surface area contributed by atoms with Crippen LogP contribution in [0.2, 0.25) is 0 Å². The lowest BCUT2D eigenvalue weighted by Gasteiger charge is -2.44. The molecular formula is C37H40O9. The van der Waals surface area contributed by atoms with Gasteiger partial charge in [-0.1, -0.05) is 41.7 Å². The topological polar surface area (TPSA) is 122 Å². The predicted octanol–water partition coefficient (Wildman–Crippen LogP) is 5.49. The molecule has 0 fully saturated rings. The Hall–Kier alpha value is -4.39. The first-order valence-electron chi connectivity index (χ1n) is 15.5. The van der Waals surface area contributed by atoms with Gasteiger partial charge in [-0.05, 0) is 69.4 Å². The van der Waals surface area contributed by atoms with Gasteiger partial charge in [-0.25, -0.2) is 9.59 Å². The molecule has 9 nitrogen and oxygen atoms in total. The summed E-state index contributed by atoms with van der Waals surface area (Å²) < 4.78 is 30.0. The number of benzene rings is 2. The quantitative estimate of drug-likeness (QED) is 0.163. The lowest BCUT2D eigenvalue weighted by molar-refractivity contribution is -0.188. The highest BCUT2D eigenvalue weighted by atomic mass is 16.6. The highest BCUT2D eigenvalue weighted by Crippen LogP contribution is 2.48. The van der Waals surface area contributed by atoms with Gasteiger partial charge in [-0.15, -0.1) is 0 Å². The number of carbonyl (C=O) groups is 2. The van der Waals surface area contributed by atoms with Crippen molar-refractivity contribution in [3.63, 3.8) is 0 Å². The van der Waals surface area contributed by atoms with Crippen LogP contribution < -0.4 is 10.4 Å². The van der Waals surface area contributed by atoms with Crippen molar-refractivity contribution in [1.82, 2.24) is 0 Å². The first kappa shape index (κ1) is 33.0. The van der Waals surface area contributed by atoms with Gasteiger partial charge in [0.25, 0.3) is 0 Å². The number of hydrogen-bond acceptors (Lipinski definition) is 9. The molecule has 2 bridgehead atoms. The molecule has 3 aromatic rings. The van der Waals surface area contributed by atoms with E-state index in [9.17, 15) is 19.5 Å². The molecule has 242 valence electrons. The lowest BCUT2D eigenvalue weighted by atomic mass is 9.83. The molecule has 5 rings (SSSR count). The van der Waals surface area contributed by atoms with Gasteiger partial charge in [-0.2, -0.15) is 0 Å². The van der Waals surface area contributed by atoms with E-state index < -0.39 is 41.3 Å². The van der Waals surface area contributed by atoms with Gasteiger partial charge in [0.15, 0.2) is 17.8 Å². The summed E-state index contributed by atoms with van der Waals surface area (Å²) in [7, 11) is 1.53. The maximum Gasteiger partial charge on any atom is 0.339 e. The third-order valence-electron chi connectivity index (χ3n) is 8.61. The highest BCUT2D eigenvalue weighted by molar-refractivity contribution is 5.90. The summed E-state index contributed by atoms with van der Waals surface area (Å²) >= 11 is 0. The van der Waals surface area contributed by atoms with E-state index in [4.69, 9.17) is 23.4 Å². The normalized spacial score (nSPS) is 21.8. The SMILES string of the molecule is COCC(CCO)c1cc2ccc3c(c2oc1=O)C(OC(C)=O)C1OC(=O)C(=C(C)C)CCc2cccc(c2)CC#CCC1(C)O3. The first-order valence-corrected chi connectivity index (χ1v) is 15.5. The Morgan fingerprint density at radius 1 is 1.09 bits per heavy atom. The number of aryl methyl sites for hydroxylation is 1. The van der Waals surface area contributed by atoms with Crippen molar-refractivity contribution in [2.24, 2.45) is 0 Å². The number of carbonyl (C=O) groups excluding carboxylic acids is 2. The van der Waals surface area contributed by atoms with E-state index in [0.717, 1.165) is 16.7 Å². The third kappa shape index (κ3) is 6.88. The molecule has 9 heteroatoms. The molecule has 0 aliphatic carbocycles. The summed E-state index contributed by atoms with van der Waals surface area (Å²) in [5.41, 5.74) is 2.45. The van der Waals surface area contributed by atoms with E-state index in [0.29, 0.717) is 53.5 Å². The van der Waals surface area contributed by atoms with E-state index in [1.54, 1.807) is 25.1 Å². The fourth-order valence-corrected chi connectivity index (χ4v) is 6.25. The number of aliphatic hydroxyl groups excluding tert-OH is 1. The molecule has 1 N–H and O–H groups in total. The molecule has 4 atom stereocenters. The molecule has 0 saturated carbocycles. The summed E-state index contributed by atoms with van der Waals surface area (Å²) in [4.78, 5) is 39.9. The van der Waals surface area contributed by atoms with Crippen LogP contribution in [0.3, 0.4) is 0 Å². The van der Waals surface area contributed by atoms with Crippen LogP contribution in [-0.4, -0.2) is 49.1 Å². The van der Waals surface area contributed by atoms with Gasteiger partial charge in [0.1, 0.15) is 11.3 Å². The van der Waals surface area contributed by atoms with Crippen molar-refractivity contribution >= 4 is 22.9 Å². The molecule has 2 aliphatic rings. The maximum absolute atomic E-state index is 13.9. The number of methoxy groups -OCH3 is 1. The molecular weight excluding hydrogens is 588 g/mol. The molecule has 2 aliphatic heterocycles. The average molecular weight is 629 g/mol. The Labute approximate surface area is 268 Å². The predicted molar refractivity (Wildman–Crippen MR) is 171 cm³/mol. The first-order chi connectivity index (χ1) is 22.0. The Morgan fingerprint density at radius 2 is 1.87 bits per heavy atom. The second-order valence-electron chi connectivity index (χ2n) is 12.3. The Kier molecular flexibility index (Phi) is 10.00. The highest BCUT2D eigenvalue weighted by Gasteiger charge is 2.52. The summed E-state index contributed by atoms with van der Waals surface area (Å²) in [6.45, 7) is 6.87. The lowest BCUT2D eigenvalue weighted by Crippen LogP contribution is -2.54. The number of allylic oxidation sites excluding steroid dienone is 1. The molecule has 0 amide bonds. The van der Waals surface area contributed by atoms with Crippen molar-refractivity contribution in [3.05, 3.63) is 86.3 Å². The average Bonchev–Trinajstić information content (AvgIpc) is 3.00. The van der Waals surface area contributed by atoms with Crippen molar-refractivity contribution < 1.29 is 38.1 Å². The standard InChI is InChI=1S/C37H40O9/c1-22(2)28-14-12-25-11-8-10-24(19-25)9-6-7-17-37(4)34(45-35(28)40)33(43-23(3)39)31-30(46-37)15-13-26-20-29(36(41)44-32(26)31)27(16-18-38)21-42-5/h8,10-11,13,15,19-20,27,33-34,38H,9,12,14,16-18,21H2,1-5H3. The summed E-state index contributed by atoms with van der Waals surface area (Å²) in [6, 6.07) is 13.3. The van der Waals surface area contributed by atoms with Crippen LogP contribution >= 0.6 is 0 Å². The van der Waals surface area contributed by atoms with Crippen molar-refractivity contribution in [2.45, 2.75) is 83.5 Å². The number of ether oxygens (including phenoxy) is 4. The smallest absolute Gasteiger partial charge is 0.339 e. The number of aliphatic hydroxyl groups is 1. The number of hydrogen-bond donors (Lipinski definition) is 1. The fourth-order valence-electron chi connectivity index (χ4n) is 6.25. The summed E-state index contributed by atoms with van der Waals surface area (Å²) in [5, 5.41) is 10.1. The van der Waals surface area contributed by atoms with E-state index in [1.807, 2.05) is 32.0 Å². The third-order valence-corrected chi connectivity index (χ3v) is 8.61. The fraction of sp³-hybridized carbons (Fsp3) is 0.432. The minimum atomic E-state index is -1.23. The van der Waals surface area contributed by atoms with Crippen LogP contribution in [0, 0.1) is 11.8 Å². The molecule has 0 saturated heterocycles. The second-order valence-corrected chi connectivity index (χ2v) is 12.3. The molecule has 2 aromatic carbocycles. The zero-order chi connectivity index (χ0) is 33.0. The number of esters is 2. The molecule has 0 spiro atoms. The Bertz CT molecular complexity index is 1780. The largest absolute Gasteiger partial charge is 0.482 e. The van der Waals surface area contributed by atoms with Crippen molar-refractivity contribution in [2.75, 3.05) is 20.3 Å². The molecule has 4 unspecified atom stereocenters. The van der Waals surface area contributed by atoms with Gasteiger partial charge < -0.3 is 28.5 Å². The van der Waals surface area contributed by atoms with Gasteiger partial charge in [-0.3, -0.25) is 4.79 Å². The number of fused-ring (bicyclic) bond motifs is 6. The second kappa shape index (κ2) is 13.9. The summed E-state index contributed by atoms with van der Waals surface area (Å²) in [5.74, 6) is 5.21. The van der Waals surface area contributed by atoms with Crippen LogP contribution in [0.25, 0.3) is 11.0 Å². The number of rotatable bonds is 6. The zero-order valence-corrected chi connectivity index (χ0v) is 26.9. The van der Waals surface area contributed by atoms with Crippen LogP contribution in [0.1, 0.15) is 81.2 Å². The van der Waals surface area contributed by atoms with E-state index in [1.165, 1.54) is 14.0 Å². The van der Waals surface area contributed by atoms with Crippen LogP contribution in [0.4, 0.5) is 0 Å². The van der Waals surface area contributed by atoms with Gasteiger partial charge in [0.05, 0.1) is 18.6 Å². The van der Waals surface area contributed by atoms with Crippen LogP contribution in [0.15, 0.2) is 62.8 Å².